The van der Waals surface area contributed by atoms with Crippen LogP contribution in [0.2, 0.25) is 0 Å². The van der Waals surface area contributed by atoms with Gasteiger partial charge in [-0.15, -0.1) is 0 Å². The molecule has 0 spiro atoms. The maximum absolute atomic E-state index is 13.4. The minimum atomic E-state index is -0.463. The molecule has 1 heterocycles. The Bertz CT molecular complexity index is 476. The summed E-state index contributed by atoms with van der Waals surface area (Å²) >= 11 is 3.17. The molecular weight excluding hydrogens is 279 g/mol. The summed E-state index contributed by atoms with van der Waals surface area (Å²) in [5.74, 6) is 0.0903. The molecule has 0 saturated carbocycles. The molecule has 0 fully saturated rings. The van der Waals surface area contributed by atoms with Crippen LogP contribution in [0.4, 0.5) is 4.39 Å². The first kappa shape index (κ1) is 11.1. The molecule has 6 heteroatoms. The average molecular weight is 287 g/mol. The van der Waals surface area contributed by atoms with E-state index in [1.54, 1.807) is 13.0 Å². The highest BCUT2D eigenvalue weighted by Crippen LogP contribution is 2.25. The third-order valence-electron chi connectivity index (χ3n) is 1.94. The number of nitrogens with zero attached hydrogens (tertiary/aromatic N) is 2. The van der Waals surface area contributed by atoms with Gasteiger partial charge in [-0.3, -0.25) is 0 Å². The van der Waals surface area contributed by atoms with E-state index in [0.29, 0.717) is 10.3 Å². The smallest absolute Gasteiger partial charge is 0.213 e. The van der Waals surface area contributed by atoms with Gasteiger partial charge in [0.15, 0.2) is 17.7 Å². The highest BCUT2D eigenvalue weighted by molar-refractivity contribution is 9.10. The third-order valence-corrected chi connectivity index (χ3v) is 2.43. The summed E-state index contributed by atoms with van der Waals surface area (Å²) in [5, 5.41) is 3.62. The molecule has 0 radical (unpaired) electrons. The first-order chi connectivity index (χ1) is 7.66. The van der Waals surface area contributed by atoms with Gasteiger partial charge in [-0.2, -0.15) is 4.98 Å². The van der Waals surface area contributed by atoms with Crippen LogP contribution in [0.25, 0.3) is 0 Å². The quantitative estimate of drug-likeness (QED) is 0.870. The molecule has 84 valence electrons. The Hall–Kier alpha value is -1.43. The van der Waals surface area contributed by atoms with Crippen LogP contribution in [0.5, 0.6) is 5.75 Å². The Kier molecular flexibility index (Phi) is 3.19. The van der Waals surface area contributed by atoms with Crippen LogP contribution in [0, 0.1) is 5.82 Å². The SMILES string of the molecule is C[C@H](Oc1ccc(Br)cc1F)c1ncon1. The number of rotatable bonds is 3. The number of ether oxygens (including phenoxy) is 1. The molecule has 0 amide bonds. The zero-order valence-corrected chi connectivity index (χ0v) is 9.94. The predicted octanol–water partition coefficient (Wildman–Crippen LogP) is 3.11. The van der Waals surface area contributed by atoms with E-state index >= 15 is 0 Å². The fourth-order valence-corrected chi connectivity index (χ4v) is 1.50. The number of aromatic nitrogens is 2. The molecule has 0 aliphatic heterocycles. The van der Waals surface area contributed by atoms with Crippen molar-refractivity contribution in [3.8, 4) is 5.75 Å². The lowest BCUT2D eigenvalue weighted by Crippen LogP contribution is -2.06. The molecule has 1 aromatic heterocycles. The molecule has 0 saturated heterocycles. The van der Waals surface area contributed by atoms with Crippen molar-refractivity contribution >= 4 is 15.9 Å². The summed E-state index contributed by atoms with van der Waals surface area (Å²) in [5.41, 5.74) is 0. The lowest BCUT2D eigenvalue weighted by molar-refractivity contribution is 0.201. The van der Waals surface area contributed by atoms with Gasteiger partial charge in [0.05, 0.1) is 0 Å². The van der Waals surface area contributed by atoms with Crippen LogP contribution in [0.1, 0.15) is 18.9 Å². The fourth-order valence-electron chi connectivity index (χ4n) is 1.17. The van der Waals surface area contributed by atoms with Crippen molar-refractivity contribution in [2.45, 2.75) is 13.0 Å². The molecule has 1 aromatic carbocycles. The van der Waals surface area contributed by atoms with E-state index in [4.69, 9.17) is 4.74 Å². The normalized spacial score (nSPS) is 12.4. The second-order valence-corrected chi connectivity index (χ2v) is 4.04. The van der Waals surface area contributed by atoms with E-state index < -0.39 is 11.9 Å². The van der Waals surface area contributed by atoms with Gasteiger partial charge in [-0.1, -0.05) is 21.1 Å². The van der Waals surface area contributed by atoms with Gasteiger partial charge in [-0.25, -0.2) is 4.39 Å². The second kappa shape index (κ2) is 4.61. The molecule has 0 aliphatic rings. The van der Waals surface area contributed by atoms with Crippen LogP contribution in [0.15, 0.2) is 33.6 Å². The van der Waals surface area contributed by atoms with E-state index in [1.165, 1.54) is 18.5 Å². The van der Waals surface area contributed by atoms with Crippen molar-refractivity contribution in [3.63, 3.8) is 0 Å². The maximum Gasteiger partial charge on any atom is 0.213 e. The van der Waals surface area contributed by atoms with E-state index in [2.05, 4.69) is 30.6 Å². The van der Waals surface area contributed by atoms with Crippen LogP contribution in [0.3, 0.4) is 0 Å². The van der Waals surface area contributed by atoms with Crippen molar-refractivity contribution in [2.75, 3.05) is 0 Å². The zero-order chi connectivity index (χ0) is 11.5. The maximum atomic E-state index is 13.4. The number of halogens is 2. The minimum absolute atomic E-state index is 0.153. The Morgan fingerprint density at radius 1 is 1.50 bits per heavy atom. The van der Waals surface area contributed by atoms with Gasteiger partial charge in [-0.05, 0) is 25.1 Å². The van der Waals surface area contributed by atoms with E-state index in [9.17, 15) is 4.39 Å². The molecule has 0 unspecified atom stereocenters. The van der Waals surface area contributed by atoms with Crippen LogP contribution in [-0.4, -0.2) is 10.1 Å². The van der Waals surface area contributed by atoms with Crippen molar-refractivity contribution in [3.05, 3.63) is 40.7 Å². The fraction of sp³-hybridized carbons (Fsp3) is 0.200. The predicted molar refractivity (Wildman–Crippen MR) is 57.4 cm³/mol. The average Bonchev–Trinajstić information content (AvgIpc) is 2.75. The second-order valence-electron chi connectivity index (χ2n) is 3.12. The van der Waals surface area contributed by atoms with Gasteiger partial charge in [0, 0.05) is 4.47 Å². The minimum Gasteiger partial charge on any atom is -0.480 e. The summed E-state index contributed by atoms with van der Waals surface area (Å²) in [6.45, 7) is 1.71. The summed E-state index contributed by atoms with van der Waals surface area (Å²) in [7, 11) is 0. The Morgan fingerprint density at radius 3 is 2.94 bits per heavy atom. The molecule has 0 aliphatic carbocycles. The summed E-state index contributed by atoms with van der Waals surface area (Å²) in [6.07, 6.45) is 0.738. The lowest BCUT2D eigenvalue weighted by atomic mass is 10.3. The first-order valence-electron chi connectivity index (χ1n) is 4.55. The van der Waals surface area contributed by atoms with Crippen LogP contribution in [-0.2, 0) is 0 Å². The topological polar surface area (TPSA) is 48.2 Å². The zero-order valence-electron chi connectivity index (χ0n) is 8.35. The molecule has 4 nitrogen and oxygen atoms in total. The first-order valence-corrected chi connectivity index (χ1v) is 5.34. The highest BCUT2D eigenvalue weighted by atomic mass is 79.9. The van der Waals surface area contributed by atoms with E-state index in [0.717, 1.165) is 0 Å². The lowest BCUT2D eigenvalue weighted by Gasteiger charge is -2.11. The molecule has 1 atom stereocenters. The van der Waals surface area contributed by atoms with Gasteiger partial charge in [0.25, 0.3) is 0 Å². The molecule has 2 aromatic rings. The molecule has 0 bridgehead atoms. The van der Waals surface area contributed by atoms with E-state index in [1.807, 2.05) is 0 Å². The van der Waals surface area contributed by atoms with Crippen molar-refractivity contribution in [1.82, 2.24) is 10.1 Å². The molecular formula is C10H8BrFN2O2. The van der Waals surface area contributed by atoms with Crippen LogP contribution >= 0.6 is 15.9 Å². The number of benzene rings is 1. The molecule has 16 heavy (non-hydrogen) atoms. The van der Waals surface area contributed by atoms with Crippen molar-refractivity contribution in [1.29, 1.82) is 0 Å². The summed E-state index contributed by atoms with van der Waals surface area (Å²) in [6, 6.07) is 4.57. The largest absolute Gasteiger partial charge is 0.480 e. The van der Waals surface area contributed by atoms with Crippen LogP contribution < -0.4 is 4.74 Å². The van der Waals surface area contributed by atoms with Crippen molar-refractivity contribution in [2.24, 2.45) is 0 Å². The number of hydrogen-bond donors (Lipinski definition) is 0. The van der Waals surface area contributed by atoms with Crippen molar-refractivity contribution < 1.29 is 13.7 Å². The highest BCUT2D eigenvalue weighted by Gasteiger charge is 2.14. The molecule has 2 rings (SSSR count). The van der Waals surface area contributed by atoms with Gasteiger partial charge >= 0.3 is 0 Å². The summed E-state index contributed by atoms with van der Waals surface area (Å²) in [4.78, 5) is 3.83. The van der Waals surface area contributed by atoms with Gasteiger partial charge in [0.2, 0.25) is 12.2 Å². The Labute approximate surface area is 99.5 Å². The van der Waals surface area contributed by atoms with Gasteiger partial charge < -0.3 is 9.26 Å². The Balaban J connectivity index is 2.15. The monoisotopic (exact) mass is 286 g/mol. The number of hydrogen-bond acceptors (Lipinski definition) is 4. The standard InChI is InChI=1S/C10H8BrFN2O2/c1-6(10-13-5-15-14-10)16-9-3-2-7(11)4-8(9)12/h2-6H,1H3/t6-/m0/s1. The van der Waals surface area contributed by atoms with Gasteiger partial charge in [0.1, 0.15) is 0 Å². The molecule has 0 N–H and O–H groups in total. The Morgan fingerprint density at radius 2 is 2.31 bits per heavy atom. The third kappa shape index (κ3) is 2.38. The van der Waals surface area contributed by atoms with E-state index in [-0.39, 0.29) is 5.75 Å². The summed E-state index contributed by atoms with van der Waals surface area (Å²) < 4.78 is 24.0.